The van der Waals surface area contributed by atoms with Gasteiger partial charge in [0.05, 0.1) is 22.2 Å². The molecule has 0 saturated carbocycles. The fourth-order valence-corrected chi connectivity index (χ4v) is 6.24. The summed E-state index contributed by atoms with van der Waals surface area (Å²) in [4.78, 5) is 25.9. The van der Waals surface area contributed by atoms with E-state index >= 15 is 4.39 Å². The maximum Gasteiger partial charge on any atom is 0.341 e. The van der Waals surface area contributed by atoms with Crippen LogP contribution in [0.25, 0.3) is 0 Å². The maximum absolute atomic E-state index is 15.1. The highest BCUT2D eigenvalue weighted by atomic mass is 19.1. The van der Waals surface area contributed by atoms with Gasteiger partial charge in [0.2, 0.25) is 0 Å². The highest BCUT2D eigenvalue weighted by Gasteiger charge is 2.52. The summed E-state index contributed by atoms with van der Waals surface area (Å²) in [7, 11) is 0. The van der Waals surface area contributed by atoms with Crippen LogP contribution in [0.15, 0.2) is 18.2 Å². The third-order valence-corrected chi connectivity index (χ3v) is 9.22. The van der Waals surface area contributed by atoms with Crippen LogP contribution >= 0.6 is 0 Å². The molecule has 39 heavy (non-hydrogen) atoms. The molecule has 0 aliphatic carbocycles. The maximum atomic E-state index is 15.1. The SMILES string of the molecule is CC(C)C1(C)CC(OC(=O)c2ccc(C(=O)OC3CC(C)(C)N([O])C(C)(C(C)C)C3)c(F)c2)CC(C)(C)N1[O]. The number of ether oxygens (including phenoxy) is 2. The fourth-order valence-electron chi connectivity index (χ4n) is 6.24. The lowest BCUT2D eigenvalue weighted by atomic mass is 9.73. The molecule has 8 nitrogen and oxygen atoms in total. The van der Waals surface area contributed by atoms with Gasteiger partial charge in [-0.1, -0.05) is 27.7 Å². The van der Waals surface area contributed by atoms with Crippen LogP contribution in [-0.4, -0.2) is 56.4 Å². The first kappa shape index (κ1) is 31.5. The van der Waals surface area contributed by atoms with Gasteiger partial charge in [0, 0.05) is 36.8 Å². The Kier molecular flexibility index (Phi) is 8.65. The van der Waals surface area contributed by atoms with Gasteiger partial charge >= 0.3 is 11.9 Å². The van der Waals surface area contributed by atoms with Gasteiger partial charge in [-0.25, -0.2) is 14.0 Å². The molecule has 218 valence electrons. The van der Waals surface area contributed by atoms with Crippen LogP contribution in [-0.2, 0) is 19.9 Å². The van der Waals surface area contributed by atoms with E-state index in [1.807, 2.05) is 69.2 Å². The first-order valence-corrected chi connectivity index (χ1v) is 13.9. The van der Waals surface area contributed by atoms with E-state index in [0.29, 0.717) is 25.7 Å². The molecule has 2 heterocycles. The van der Waals surface area contributed by atoms with Gasteiger partial charge in [0.1, 0.15) is 18.0 Å². The normalized spacial score (nSPS) is 31.4. The largest absolute Gasteiger partial charge is 0.459 e. The van der Waals surface area contributed by atoms with E-state index in [0.717, 1.165) is 16.2 Å². The molecule has 0 spiro atoms. The third kappa shape index (κ3) is 6.01. The van der Waals surface area contributed by atoms with E-state index in [9.17, 15) is 20.0 Å². The number of carbonyl (C=O) groups is 2. The van der Waals surface area contributed by atoms with Gasteiger partial charge in [0.25, 0.3) is 0 Å². The molecule has 4 unspecified atom stereocenters. The number of nitrogens with zero attached hydrogens (tertiary/aromatic N) is 2. The number of benzene rings is 1. The highest BCUT2D eigenvalue weighted by Crippen LogP contribution is 2.44. The van der Waals surface area contributed by atoms with Crippen LogP contribution in [0.2, 0.25) is 0 Å². The topological polar surface area (TPSA) is 98.9 Å². The van der Waals surface area contributed by atoms with Crippen LogP contribution in [0, 0.1) is 17.7 Å². The summed E-state index contributed by atoms with van der Waals surface area (Å²) in [6.45, 7) is 18.9. The molecule has 4 atom stereocenters. The van der Waals surface area contributed by atoms with Crippen molar-refractivity contribution in [3.63, 3.8) is 0 Å². The first-order valence-electron chi connectivity index (χ1n) is 13.9. The molecular weight excluding hydrogens is 503 g/mol. The minimum Gasteiger partial charge on any atom is -0.459 e. The van der Waals surface area contributed by atoms with Crippen molar-refractivity contribution in [3.05, 3.63) is 35.1 Å². The Bertz CT molecular complexity index is 1090. The van der Waals surface area contributed by atoms with Gasteiger partial charge in [-0.05, 0) is 71.6 Å². The van der Waals surface area contributed by atoms with Gasteiger partial charge in [-0.2, -0.15) is 0 Å². The van der Waals surface area contributed by atoms with Gasteiger partial charge in [0.15, 0.2) is 0 Å². The lowest BCUT2D eigenvalue weighted by Gasteiger charge is -2.52. The Hall–Kier alpha value is -2.07. The molecule has 2 fully saturated rings. The van der Waals surface area contributed by atoms with Crippen molar-refractivity contribution in [3.8, 4) is 0 Å². The Morgan fingerprint density at radius 3 is 1.56 bits per heavy atom. The molecule has 1 aromatic carbocycles. The Labute approximate surface area is 232 Å². The average Bonchev–Trinajstić information content (AvgIpc) is 2.80. The summed E-state index contributed by atoms with van der Waals surface area (Å²) in [6.07, 6.45) is 0.311. The third-order valence-electron chi connectivity index (χ3n) is 9.22. The Morgan fingerprint density at radius 2 is 1.18 bits per heavy atom. The van der Waals surface area contributed by atoms with Crippen molar-refractivity contribution < 1.29 is 33.9 Å². The summed E-state index contributed by atoms with van der Waals surface area (Å²) < 4.78 is 26.5. The van der Waals surface area contributed by atoms with Gasteiger partial charge in [-0.3, -0.25) is 0 Å². The molecule has 2 aliphatic rings. The lowest BCUT2D eigenvalue weighted by Crippen LogP contribution is -2.63. The molecule has 0 amide bonds. The molecule has 2 saturated heterocycles. The molecule has 2 aliphatic heterocycles. The zero-order valence-corrected chi connectivity index (χ0v) is 25.1. The zero-order chi connectivity index (χ0) is 29.7. The second kappa shape index (κ2) is 10.7. The van der Waals surface area contributed by atoms with Crippen molar-refractivity contribution in [1.29, 1.82) is 0 Å². The van der Waals surface area contributed by atoms with Crippen LogP contribution in [0.3, 0.4) is 0 Å². The van der Waals surface area contributed by atoms with Gasteiger partial charge in [-0.15, -0.1) is 20.5 Å². The van der Waals surface area contributed by atoms with Crippen LogP contribution in [0.4, 0.5) is 4.39 Å². The molecule has 2 radical (unpaired) electrons. The second-order valence-corrected chi connectivity index (χ2v) is 13.8. The highest BCUT2D eigenvalue weighted by molar-refractivity contribution is 5.93. The summed E-state index contributed by atoms with van der Waals surface area (Å²) in [5.74, 6) is -2.39. The Balaban J connectivity index is 1.73. The number of hydrogen-bond donors (Lipinski definition) is 0. The van der Waals surface area contributed by atoms with Crippen molar-refractivity contribution in [1.82, 2.24) is 10.1 Å². The summed E-state index contributed by atoms with van der Waals surface area (Å²) in [5.41, 5.74) is -3.24. The van der Waals surface area contributed by atoms with E-state index in [2.05, 4.69) is 0 Å². The predicted octanol–water partition coefficient (Wildman–Crippen LogP) is 6.15. The van der Waals surface area contributed by atoms with Gasteiger partial charge < -0.3 is 9.47 Å². The minimum atomic E-state index is -0.886. The number of carbonyl (C=O) groups excluding carboxylic acids is 2. The van der Waals surface area contributed by atoms with Crippen molar-refractivity contribution >= 4 is 11.9 Å². The average molecular weight is 549 g/mol. The van der Waals surface area contributed by atoms with E-state index in [1.54, 1.807) is 0 Å². The number of piperidine rings is 2. The van der Waals surface area contributed by atoms with Crippen molar-refractivity contribution in [2.24, 2.45) is 11.8 Å². The first-order chi connectivity index (χ1) is 17.7. The molecule has 3 rings (SSSR count). The van der Waals surface area contributed by atoms with Crippen LogP contribution in [0.5, 0.6) is 0 Å². The lowest BCUT2D eigenvalue weighted by molar-refractivity contribution is -0.312. The molecule has 0 bridgehead atoms. The summed E-state index contributed by atoms with van der Waals surface area (Å²) in [6, 6.07) is 3.56. The zero-order valence-electron chi connectivity index (χ0n) is 25.1. The minimum absolute atomic E-state index is 0.0164. The monoisotopic (exact) mass is 548 g/mol. The van der Waals surface area contributed by atoms with Crippen LogP contribution in [0.1, 0.15) is 116 Å². The van der Waals surface area contributed by atoms with E-state index < -0.39 is 52.1 Å². The van der Waals surface area contributed by atoms with Crippen LogP contribution < -0.4 is 0 Å². The Morgan fingerprint density at radius 1 is 0.769 bits per heavy atom. The van der Waals surface area contributed by atoms with Crippen molar-refractivity contribution in [2.75, 3.05) is 0 Å². The molecular formula is C30H45FN2O6. The summed E-state index contributed by atoms with van der Waals surface area (Å²) in [5, 5.41) is 28.2. The smallest absolute Gasteiger partial charge is 0.341 e. The summed E-state index contributed by atoms with van der Waals surface area (Å²) >= 11 is 0. The number of halogens is 1. The van der Waals surface area contributed by atoms with E-state index in [-0.39, 0.29) is 23.0 Å². The molecule has 1 aromatic rings. The quantitative estimate of drug-likeness (QED) is 0.396. The van der Waals surface area contributed by atoms with E-state index in [1.165, 1.54) is 12.1 Å². The molecule has 0 N–H and O–H groups in total. The second-order valence-electron chi connectivity index (χ2n) is 13.8. The number of esters is 2. The number of hydrogen-bond acceptors (Lipinski definition) is 6. The predicted molar refractivity (Wildman–Crippen MR) is 143 cm³/mol. The standard InChI is InChI=1S/C30H45FN2O6/c1-18(2)29(9)16-21(14-27(5,6)32(29)36)38-25(34)20-11-12-23(24(31)13-20)26(35)39-22-15-28(7,8)33(37)30(10,17-22)19(3)4/h11-13,18-19,21-22H,14-17H2,1-10H3. The van der Waals surface area contributed by atoms with Crippen molar-refractivity contribution in [2.45, 2.75) is 129 Å². The number of hydroxylamine groups is 4. The fraction of sp³-hybridized carbons (Fsp3) is 0.733. The molecule has 0 aromatic heterocycles. The number of rotatable bonds is 6. The molecule has 9 heteroatoms. The van der Waals surface area contributed by atoms with E-state index in [4.69, 9.17) is 9.47 Å².